The summed E-state index contributed by atoms with van der Waals surface area (Å²) in [5.41, 5.74) is 0.275. The Labute approximate surface area is 126 Å². The molecule has 116 valence electrons. The highest BCUT2D eigenvalue weighted by Crippen LogP contribution is 2.09. The van der Waals surface area contributed by atoms with E-state index in [1.807, 2.05) is 6.92 Å². The molecule has 2 rings (SSSR count). The van der Waals surface area contributed by atoms with E-state index in [1.54, 1.807) is 6.07 Å². The van der Waals surface area contributed by atoms with E-state index < -0.39 is 11.8 Å². The van der Waals surface area contributed by atoms with Crippen molar-refractivity contribution in [3.8, 4) is 0 Å². The molecule has 0 aromatic heterocycles. The first kappa shape index (κ1) is 16.0. The van der Waals surface area contributed by atoms with Gasteiger partial charge in [-0.1, -0.05) is 6.07 Å². The average molecular weight is 294 g/mol. The Hall–Kier alpha value is -1.42. The third-order valence-corrected chi connectivity index (χ3v) is 4.43. The summed E-state index contributed by atoms with van der Waals surface area (Å²) >= 11 is 0. The molecule has 1 aromatic rings. The number of carbonyl (C=O) groups is 1. The minimum Gasteiger partial charge on any atom is -0.453 e. The molecule has 3 atom stereocenters. The number of piperidine rings is 1. The number of carbonyl (C=O) groups excluding carboxylic acids is 1. The number of esters is 1. The lowest BCUT2D eigenvalue weighted by Gasteiger charge is -2.37. The fraction of sp³-hybridized carbons (Fsp3) is 0.588. The highest BCUT2D eigenvalue weighted by Gasteiger charge is 2.30. The molecule has 0 aliphatic carbocycles. The Morgan fingerprint density at radius 1 is 1.38 bits per heavy atom. The van der Waals surface area contributed by atoms with Crippen LogP contribution in [0.15, 0.2) is 24.3 Å². The molecule has 3 nitrogen and oxygen atoms in total. The summed E-state index contributed by atoms with van der Waals surface area (Å²) in [5.74, 6) is -0.861. The lowest BCUT2D eigenvalue weighted by Crippen LogP contribution is -3.20. The maximum absolute atomic E-state index is 13.1. The number of nitrogens with one attached hydrogen (secondary N) is 1. The van der Waals surface area contributed by atoms with Crippen LogP contribution in [0.1, 0.15) is 50.4 Å². The summed E-state index contributed by atoms with van der Waals surface area (Å²) in [6.45, 7) is 7.24. The summed E-state index contributed by atoms with van der Waals surface area (Å²) in [5, 5.41) is 0. The third kappa shape index (κ3) is 4.27. The molecule has 4 heteroatoms. The van der Waals surface area contributed by atoms with Crippen molar-refractivity contribution >= 4 is 5.97 Å². The van der Waals surface area contributed by atoms with E-state index in [-0.39, 0.29) is 11.7 Å². The van der Waals surface area contributed by atoms with Crippen LogP contribution in [0.5, 0.6) is 0 Å². The van der Waals surface area contributed by atoms with Gasteiger partial charge in [0.15, 0.2) is 0 Å². The van der Waals surface area contributed by atoms with Gasteiger partial charge in [-0.3, -0.25) is 0 Å². The van der Waals surface area contributed by atoms with Crippen molar-refractivity contribution in [2.24, 2.45) is 0 Å². The van der Waals surface area contributed by atoms with Crippen molar-refractivity contribution in [2.45, 2.75) is 58.2 Å². The number of hydrogen-bond acceptors (Lipinski definition) is 2. The monoisotopic (exact) mass is 294 g/mol. The maximum atomic E-state index is 13.1. The van der Waals surface area contributed by atoms with Crippen LogP contribution < -0.4 is 4.90 Å². The van der Waals surface area contributed by atoms with Gasteiger partial charge in [-0.15, -0.1) is 0 Å². The predicted octanol–water partition coefficient (Wildman–Crippen LogP) is 2.22. The van der Waals surface area contributed by atoms with E-state index >= 15 is 0 Å². The molecule has 21 heavy (non-hydrogen) atoms. The molecule has 1 heterocycles. The highest BCUT2D eigenvalue weighted by molar-refractivity contribution is 5.89. The summed E-state index contributed by atoms with van der Waals surface area (Å²) in [4.78, 5) is 13.5. The molecule has 0 unspecified atom stereocenters. The minimum absolute atomic E-state index is 0.168. The Kier molecular flexibility index (Phi) is 5.34. The van der Waals surface area contributed by atoms with Gasteiger partial charge in [0.05, 0.1) is 17.6 Å². The first-order valence-electron chi connectivity index (χ1n) is 7.79. The molecule has 0 bridgehead atoms. The van der Waals surface area contributed by atoms with Crippen LogP contribution in [0.4, 0.5) is 4.39 Å². The van der Waals surface area contributed by atoms with Crippen molar-refractivity contribution in [3.63, 3.8) is 0 Å². The van der Waals surface area contributed by atoms with Crippen LogP contribution in [0, 0.1) is 5.82 Å². The molecule has 0 radical (unpaired) electrons. The van der Waals surface area contributed by atoms with E-state index in [0.29, 0.717) is 12.1 Å². The number of rotatable bonds is 4. The maximum Gasteiger partial charge on any atom is 0.338 e. The van der Waals surface area contributed by atoms with Crippen molar-refractivity contribution in [3.05, 3.63) is 35.6 Å². The normalized spacial score (nSPS) is 24.6. The Balaban J connectivity index is 1.92. The van der Waals surface area contributed by atoms with E-state index in [9.17, 15) is 9.18 Å². The van der Waals surface area contributed by atoms with Crippen LogP contribution in [0.3, 0.4) is 0 Å². The molecule has 1 aromatic carbocycles. The van der Waals surface area contributed by atoms with Crippen molar-refractivity contribution < 1.29 is 18.8 Å². The zero-order valence-corrected chi connectivity index (χ0v) is 13.1. The van der Waals surface area contributed by atoms with Crippen molar-refractivity contribution in [1.29, 1.82) is 0 Å². The molecule has 1 aliphatic heterocycles. The van der Waals surface area contributed by atoms with Crippen LogP contribution in [-0.2, 0) is 4.74 Å². The fourth-order valence-electron chi connectivity index (χ4n) is 3.23. The quantitative estimate of drug-likeness (QED) is 0.863. The summed E-state index contributed by atoms with van der Waals surface area (Å²) in [7, 11) is 0. The lowest BCUT2D eigenvalue weighted by atomic mass is 9.97. The zero-order valence-electron chi connectivity index (χ0n) is 13.1. The van der Waals surface area contributed by atoms with E-state index in [0.717, 1.165) is 6.54 Å². The second-order valence-electron chi connectivity index (χ2n) is 6.24. The highest BCUT2D eigenvalue weighted by atomic mass is 19.1. The predicted molar refractivity (Wildman–Crippen MR) is 79.9 cm³/mol. The summed E-state index contributed by atoms with van der Waals surface area (Å²) in [6, 6.07) is 6.84. The van der Waals surface area contributed by atoms with Crippen LogP contribution in [0.25, 0.3) is 0 Å². The van der Waals surface area contributed by atoms with Gasteiger partial charge in [-0.2, -0.15) is 0 Å². The molecule has 0 spiro atoms. The van der Waals surface area contributed by atoms with Crippen molar-refractivity contribution in [1.82, 2.24) is 0 Å². The number of halogens is 1. The summed E-state index contributed by atoms with van der Waals surface area (Å²) < 4.78 is 18.6. The fourth-order valence-corrected chi connectivity index (χ4v) is 3.23. The van der Waals surface area contributed by atoms with E-state index in [4.69, 9.17) is 4.74 Å². The van der Waals surface area contributed by atoms with Crippen LogP contribution in [-0.4, -0.2) is 30.7 Å². The SMILES string of the molecule is C[C@H](C[NH+]1[C@H](C)CCC[C@H]1C)OC(=O)c1cccc(F)c1. The second-order valence-corrected chi connectivity index (χ2v) is 6.24. The molecular formula is C17H25FNO2+. The second kappa shape index (κ2) is 7.03. The average Bonchev–Trinajstić information content (AvgIpc) is 2.43. The van der Waals surface area contributed by atoms with Crippen LogP contribution in [0.2, 0.25) is 0 Å². The first-order chi connectivity index (χ1) is 9.97. The Morgan fingerprint density at radius 3 is 2.67 bits per heavy atom. The smallest absolute Gasteiger partial charge is 0.338 e. The largest absolute Gasteiger partial charge is 0.453 e. The van der Waals surface area contributed by atoms with Gasteiger partial charge in [0.2, 0.25) is 0 Å². The standard InChI is InChI=1S/C17H24FNO2/c1-12-6-4-7-13(2)19(12)11-14(3)21-17(20)15-8-5-9-16(18)10-15/h5,8-10,12-14H,4,6-7,11H2,1-3H3/p+1/t12-,13-,14-/m1/s1. The van der Waals surface area contributed by atoms with E-state index in [2.05, 4.69) is 13.8 Å². The zero-order chi connectivity index (χ0) is 15.4. The number of hydrogen-bond donors (Lipinski definition) is 1. The van der Waals surface area contributed by atoms with Gasteiger partial charge in [0.25, 0.3) is 0 Å². The molecule has 1 saturated heterocycles. The first-order valence-corrected chi connectivity index (χ1v) is 7.79. The third-order valence-electron chi connectivity index (χ3n) is 4.43. The lowest BCUT2D eigenvalue weighted by molar-refractivity contribution is -0.953. The number of likely N-dealkylation sites (tertiary alicyclic amines) is 1. The van der Waals surface area contributed by atoms with Gasteiger partial charge in [0.1, 0.15) is 18.5 Å². The molecule has 0 saturated carbocycles. The molecule has 0 amide bonds. The van der Waals surface area contributed by atoms with Gasteiger partial charge >= 0.3 is 5.97 Å². The van der Waals surface area contributed by atoms with Gasteiger partial charge in [-0.05, 0) is 58.2 Å². The molecule has 1 N–H and O–H groups in total. The topological polar surface area (TPSA) is 30.7 Å². The summed E-state index contributed by atoms with van der Waals surface area (Å²) in [6.07, 6.45) is 3.57. The Bertz CT molecular complexity index is 481. The van der Waals surface area contributed by atoms with Crippen molar-refractivity contribution in [2.75, 3.05) is 6.54 Å². The number of benzene rings is 1. The molecular weight excluding hydrogens is 269 g/mol. The van der Waals surface area contributed by atoms with Gasteiger partial charge in [0, 0.05) is 0 Å². The van der Waals surface area contributed by atoms with Gasteiger partial charge in [-0.25, -0.2) is 9.18 Å². The Morgan fingerprint density at radius 2 is 2.05 bits per heavy atom. The van der Waals surface area contributed by atoms with Gasteiger partial charge < -0.3 is 9.64 Å². The molecule has 1 aliphatic rings. The van der Waals surface area contributed by atoms with E-state index in [1.165, 1.54) is 42.4 Å². The number of quaternary nitrogens is 1. The minimum atomic E-state index is -0.446. The van der Waals surface area contributed by atoms with Crippen LogP contribution >= 0.6 is 0 Å². The molecule has 1 fully saturated rings. The number of ether oxygens (including phenoxy) is 1.